The van der Waals surface area contributed by atoms with Crippen molar-refractivity contribution in [1.29, 1.82) is 0 Å². The zero-order valence-electron chi connectivity index (χ0n) is 11.4. The summed E-state index contributed by atoms with van der Waals surface area (Å²) in [6.45, 7) is 5.46. The molecule has 1 rings (SSSR count). The minimum Gasteiger partial charge on any atom is -0.428 e. The smallest absolute Gasteiger partial charge is 0.428 e. The molecule has 0 aliphatic heterocycles. The van der Waals surface area contributed by atoms with Crippen molar-refractivity contribution in [3.8, 4) is 5.75 Å². The zero-order chi connectivity index (χ0) is 14.8. The van der Waals surface area contributed by atoms with Gasteiger partial charge in [0.1, 0.15) is 5.75 Å². The summed E-state index contributed by atoms with van der Waals surface area (Å²) in [5.74, 6) is -0.324. The molecule has 2 nitrogen and oxygen atoms in total. The molecule has 0 saturated carbocycles. The molecule has 2 N–H and O–H groups in total. The van der Waals surface area contributed by atoms with Gasteiger partial charge in [-0.1, -0.05) is 39.0 Å². The number of benzene rings is 1. The summed E-state index contributed by atoms with van der Waals surface area (Å²) in [7, 11) is 0. The monoisotopic (exact) mass is 315 g/mol. The van der Waals surface area contributed by atoms with Gasteiger partial charge in [-0.15, -0.1) is 12.4 Å². The van der Waals surface area contributed by atoms with Gasteiger partial charge in [0, 0.05) is 11.6 Å². The lowest BCUT2D eigenvalue weighted by Crippen LogP contribution is -2.35. The van der Waals surface area contributed by atoms with E-state index in [-0.39, 0.29) is 23.7 Å². The lowest BCUT2D eigenvalue weighted by Gasteiger charge is -2.29. The maximum atomic E-state index is 13.0. The summed E-state index contributed by atoms with van der Waals surface area (Å²) >= 11 is 0. The maximum Gasteiger partial charge on any atom is 0.461 e. The van der Waals surface area contributed by atoms with Gasteiger partial charge >= 0.3 is 12.5 Å². The van der Waals surface area contributed by atoms with Crippen molar-refractivity contribution >= 4 is 12.4 Å². The highest BCUT2D eigenvalue weighted by Crippen LogP contribution is 2.38. The first-order valence-corrected chi connectivity index (χ1v) is 5.75. The molecule has 0 aliphatic rings. The number of alkyl halides is 4. The molecule has 116 valence electrons. The molecule has 0 unspecified atom stereocenters. The first-order chi connectivity index (χ1) is 8.55. The maximum absolute atomic E-state index is 13.0. The van der Waals surface area contributed by atoms with Gasteiger partial charge in [0.25, 0.3) is 0 Å². The minimum absolute atomic E-state index is 0. The summed E-state index contributed by atoms with van der Waals surface area (Å²) in [6, 6.07) is 5.10. The summed E-state index contributed by atoms with van der Waals surface area (Å²) in [6.07, 6.45) is -8.43. The van der Waals surface area contributed by atoms with Crippen LogP contribution in [-0.2, 0) is 0 Å². The highest BCUT2D eigenvalue weighted by Gasteiger charge is 2.44. The van der Waals surface area contributed by atoms with E-state index in [1.165, 1.54) is 18.2 Å². The summed E-state index contributed by atoms with van der Waals surface area (Å²) in [5.41, 5.74) is 5.81. The SMILES string of the molecule is CC(C)(C)[C@@H](N)c1ccccc1OC(F)(F)C(F)F.Cl. The fourth-order valence-electron chi connectivity index (χ4n) is 1.49. The summed E-state index contributed by atoms with van der Waals surface area (Å²) in [5, 5.41) is 0. The average molecular weight is 316 g/mol. The van der Waals surface area contributed by atoms with Crippen LogP contribution in [-0.4, -0.2) is 12.5 Å². The third-order valence-corrected chi connectivity index (χ3v) is 2.69. The Morgan fingerprint density at radius 3 is 2.05 bits per heavy atom. The standard InChI is InChI=1S/C13H17F4NO.ClH/c1-12(2,3)10(18)8-6-4-5-7-9(8)19-13(16,17)11(14)15;/h4-7,10-11H,18H2,1-3H3;1H/t10-;/m0./s1. The zero-order valence-corrected chi connectivity index (χ0v) is 12.2. The lowest BCUT2D eigenvalue weighted by atomic mass is 9.83. The Balaban J connectivity index is 0.00000361. The third-order valence-electron chi connectivity index (χ3n) is 2.69. The fraction of sp³-hybridized carbons (Fsp3) is 0.538. The van der Waals surface area contributed by atoms with Crippen LogP contribution in [0.4, 0.5) is 17.6 Å². The molecule has 1 aromatic rings. The number of nitrogens with two attached hydrogens (primary N) is 1. The molecule has 7 heteroatoms. The van der Waals surface area contributed by atoms with E-state index in [0.717, 1.165) is 0 Å². The second-order valence-electron chi connectivity index (χ2n) is 5.35. The van der Waals surface area contributed by atoms with Gasteiger partial charge in [0.05, 0.1) is 0 Å². The van der Waals surface area contributed by atoms with Crippen LogP contribution >= 0.6 is 12.4 Å². The van der Waals surface area contributed by atoms with E-state index in [1.54, 1.807) is 6.07 Å². The van der Waals surface area contributed by atoms with Crippen LogP contribution in [0.2, 0.25) is 0 Å². The molecular formula is C13H18ClF4NO. The molecule has 0 bridgehead atoms. The Morgan fingerprint density at radius 2 is 1.60 bits per heavy atom. The molecule has 0 aromatic heterocycles. The predicted octanol–water partition coefficient (Wildman–Crippen LogP) is 4.39. The van der Waals surface area contributed by atoms with Crippen LogP contribution in [0.1, 0.15) is 32.4 Å². The Hall–Kier alpha value is -1.01. The van der Waals surface area contributed by atoms with Gasteiger partial charge in [-0.3, -0.25) is 0 Å². The van der Waals surface area contributed by atoms with Crippen LogP contribution in [0.25, 0.3) is 0 Å². The van der Waals surface area contributed by atoms with E-state index in [1.807, 2.05) is 20.8 Å². The van der Waals surface area contributed by atoms with Crippen LogP contribution in [0.5, 0.6) is 5.75 Å². The van der Waals surface area contributed by atoms with Crippen molar-refractivity contribution in [3.63, 3.8) is 0 Å². The summed E-state index contributed by atoms with van der Waals surface area (Å²) in [4.78, 5) is 0. The number of hydrogen-bond donors (Lipinski definition) is 1. The molecular weight excluding hydrogens is 298 g/mol. The van der Waals surface area contributed by atoms with Gasteiger partial charge in [0.15, 0.2) is 0 Å². The van der Waals surface area contributed by atoms with Gasteiger partial charge < -0.3 is 10.5 Å². The Labute approximate surface area is 121 Å². The molecule has 0 fully saturated rings. The number of halogens is 5. The third kappa shape index (κ3) is 4.52. The van der Waals surface area contributed by atoms with Crippen molar-refractivity contribution in [2.45, 2.75) is 39.3 Å². The van der Waals surface area contributed by atoms with Crippen molar-refractivity contribution < 1.29 is 22.3 Å². The van der Waals surface area contributed by atoms with Crippen LogP contribution < -0.4 is 10.5 Å². The first kappa shape index (κ1) is 19.0. The quantitative estimate of drug-likeness (QED) is 0.836. The van der Waals surface area contributed by atoms with Gasteiger partial charge in [-0.25, -0.2) is 0 Å². The highest BCUT2D eigenvalue weighted by molar-refractivity contribution is 5.85. The molecule has 0 radical (unpaired) electrons. The van der Waals surface area contributed by atoms with Crippen LogP contribution in [0.3, 0.4) is 0 Å². The Bertz CT molecular complexity index is 435. The van der Waals surface area contributed by atoms with E-state index in [4.69, 9.17) is 5.73 Å². The molecule has 0 aliphatic carbocycles. The Morgan fingerprint density at radius 1 is 1.10 bits per heavy atom. The van der Waals surface area contributed by atoms with E-state index in [2.05, 4.69) is 4.74 Å². The van der Waals surface area contributed by atoms with Crippen LogP contribution in [0, 0.1) is 5.41 Å². The van der Waals surface area contributed by atoms with E-state index < -0.39 is 24.0 Å². The van der Waals surface area contributed by atoms with Crippen molar-refractivity contribution in [2.75, 3.05) is 0 Å². The fourth-order valence-corrected chi connectivity index (χ4v) is 1.49. The predicted molar refractivity (Wildman–Crippen MR) is 71.7 cm³/mol. The second kappa shape index (κ2) is 6.63. The van der Waals surface area contributed by atoms with Gasteiger partial charge in [-0.2, -0.15) is 17.6 Å². The van der Waals surface area contributed by atoms with Gasteiger partial charge in [-0.05, 0) is 11.5 Å². The van der Waals surface area contributed by atoms with Crippen molar-refractivity contribution in [2.24, 2.45) is 11.1 Å². The molecule has 0 spiro atoms. The van der Waals surface area contributed by atoms with Crippen molar-refractivity contribution in [3.05, 3.63) is 29.8 Å². The Kier molecular flexibility index (Phi) is 6.29. The molecule has 0 saturated heterocycles. The second-order valence-corrected chi connectivity index (χ2v) is 5.35. The molecule has 0 heterocycles. The van der Waals surface area contributed by atoms with E-state index in [9.17, 15) is 17.6 Å². The van der Waals surface area contributed by atoms with Crippen molar-refractivity contribution in [1.82, 2.24) is 0 Å². The first-order valence-electron chi connectivity index (χ1n) is 5.75. The highest BCUT2D eigenvalue weighted by atomic mass is 35.5. The summed E-state index contributed by atoms with van der Waals surface area (Å²) < 4.78 is 54.4. The molecule has 0 amide bonds. The number of hydrogen-bond acceptors (Lipinski definition) is 2. The van der Waals surface area contributed by atoms with E-state index in [0.29, 0.717) is 0 Å². The number of para-hydroxylation sites is 1. The van der Waals surface area contributed by atoms with Crippen LogP contribution in [0.15, 0.2) is 24.3 Å². The lowest BCUT2D eigenvalue weighted by molar-refractivity contribution is -0.253. The normalized spacial score (nSPS) is 13.8. The minimum atomic E-state index is -4.53. The average Bonchev–Trinajstić information content (AvgIpc) is 2.27. The number of ether oxygens (including phenoxy) is 1. The topological polar surface area (TPSA) is 35.2 Å². The molecule has 1 aromatic carbocycles. The van der Waals surface area contributed by atoms with Gasteiger partial charge in [0.2, 0.25) is 0 Å². The molecule has 1 atom stereocenters. The molecule has 20 heavy (non-hydrogen) atoms. The number of rotatable bonds is 4. The largest absolute Gasteiger partial charge is 0.461 e. The van der Waals surface area contributed by atoms with E-state index >= 15 is 0 Å².